The molecule has 0 fully saturated rings. The van der Waals surface area contributed by atoms with Gasteiger partial charge in [0, 0.05) is 24.0 Å². The summed E-state index contributed by atoms with van der Waals surface area (Å²) < 4.78 is 0. The summed E-state index contributed by atoms with van der Waals surface area (Å²) in [5, 5.41) is 0. The normalized spacial score (nSPS) is 13.7. The van der Waals surface area contributed by atoms with E-state index in [0.29, 0.717) is 5.82 Å². The van der Waals surface area contributed by atoms with Crippen molar-refractivity contribution in [2.24, 2.45) is 0 Å². The van der Waals surface area contributed by atoms with E-state index in [9.17, 15) is 0 Å². The largest absolute Gasteiger partial charge is 0.384 e. The van der Waals surface area contributed by atoms with E-state index >= 15 is 0 Å². The predicted octanol–water partition coefficient (Wildman–Crippen LogP) is 1.93. The first-order valence-corrected chi connectivity index (χ1v) is 6.15. The van der Waals surface area contributed by atoms with E-state index in [1.165, 1.54) is 11.3 Å². The Morgan fingerprint density at radius 1 is 1.28 bits per heavy atom. The van der Waals surface area contributed by atoms with Crippen molar-refractivity contribution in [3.63, 3.8) is 0 Å². The third kappa shape index (κ3) is 2.01. The standard InChI is InChI=1S/C14H16N4/c1-10-8-13(15)17-14(16-10)9-18-7-6-11-4-2-3-5-12(11)18/h2-5,8H,6-7,9H2,1H3,(H2,15,16,17). The van der Waals surface area contributed by atoms with Crippen molar-refractivity contribution in [1.29, 1.82) is 0 Å². The fourth-order valence-corrected chi connectivity index (χ4v) is 2.47. The van der Waals surface area contributed by atoms with Crippen LogP contribution in [0.1, 0.15) is 17.1 Å². The molecule has 0 amide bonds. The molecule has 92 valence electrons. The smallest absolute Gasteiger partial charge is 0.150 e. The van der Waals surface area contributed by atoms with E-state index < -0.39 is 0 Å². The second-order valence-corrected chi connectivity index (χ2v) is 4.65. The van der Waals surface area contributed by atoms with Crippen molar-refractivity contribution in [2.75, 3.05) is 17.2 Å². The maximum Gasteiger partial charge on any atom is 0.150 e. The van der Waals surface area contributed by atoms with Crippen molar-refractivity contribution >= 4 is 11.5 Å². The molecule has 2 N–H and O–H groups in total. The van der Waals surface area contributed by atoms with Gasteiger partial charge >= 0.3 is 0 Å². The Kier molecular flexibility index (Phi) is 2.63. The van der Waals surface area contributed by atoms with Crippen LogP contribution in [0.3, 0.4) is 0 Å². The van der Waals surface area contributed by atoms with Gasteiger partial charge in [-0.15, -0.1) is 0 Å². The monoisotopic (exact) mass is 240 g/mol. The summed E-state index contributed by atoms with van der Waals surface area (Å²) in [4.78, 5) is 11.0. The Hall–Kier alpha value is -2.10. The topological polar surface area (TPSA) is 55.0 Å². The molecule has 3 rings (SSSR count). The molecule has 0 bridgehead atoms. The molecule has 0 radical (unpaired) electrons. The third-order valence-corrected chi connectivity index (χ3v) is 3.24. The molecule has 0 aliphatic carbocycles. The van der Waals surface area contributed by atoms with Crippen molar-refractivity contribution < 1.29 is 0 Å². The molecule has 0 atom stereocenters. The minimum Gasteiger partial charge on any atom is -0.384 e. The van der Waals surface area contributed by atoms with Gasteiger partial charge in [-0.2, -0.15) is 0 Å². The number of benzene rings is 1. The Morgan fingerprint density at radius 2 is 2.11 bits per heavy atom. The summed E-state index contributed by atoms with van der Waals surface area (Å²) in [6.45, 7) is 3.69. The average Bonchev–Trinajstić information content (AvgIpc) is 2.72. The van der Waals surface area contributed by atoms with Crippen LogP contribution in [0.2, 0.25) is 0 Å². The number of aryl methyl sites for hydroxylation is 1. The minimum absolute atomic E-state index is 0.546. The molecule has 1 aliphatic rings. The number of hydrogen-bond acceptors (Lipinski definition) is 4. The zero-order valence-electron chi connectivity index (χ0n) is 10.4. The first kappa shape index (κ1) is 11.0. The molecule has 2 aromatic rings. The van der Waals surface area contributed by atoms with Crippen molar-refractivity contribution in [3.8, 4) is 0 Å². The number of aromatic nitrogens is 2. The van der Waals surface area contributed by atoms with Crippen LogP contribution in [0, 0.1) is 6.92 Å². The van der Waals surface area contributed by atoms with Gasteiger partial charge in [0.05, 0.1) is 6.54 Å². The van der Waals surface area contributed by atoms with Gasteiger partial charge in [0.1, 0.15) is 11.6 Å². The van der Waals surface area contributed by atoms with Gasteiger partial charge in [-0.1, -0.05) is 18.2 Å². The summed E-state index contributed by atoms with van der Waals surface area (Å²) in [7, 11) is 0. The molecule has 1 aromatic heterocycles. The Morgan fingerprint density at radius 3 is 2.94 bits per heavy atom. The summed E-state index contributed by atoms with van der Waals surface area (Å²) in [6, 6.07) is 10.3. The molecular weight excluding hydrogens is 224 g/mol. The highest BCUT2D eigenvalue weighted by Crippen LogP contribution is 2.28. The fourth-order valence-electron chi connectivity index (χ4n) is 2.47. The summed E-state index contributed by atoms with van der Waals surface area (Å²) in [5.74, 6) is 1.34. The molecule has 0 spiro atoms. The van der Waals surface area contributed by atoms with Crippen LogP contribution in [-0.4, -0.2) is 16.5 Å². The second kappa shape index (κ2) is 4.29. The van der Waals surface area contributed by atoms with Gasteiger partial charge in [-0.25, -0.2) is 9.97 Å². The van der Waals surface area contributed by atoms with Crippen LogP contribution in [0.4, 0.5) is 11.5 Å². The highest BCUT2D eigenvalue weighted by Gasteiger charge is 2.19. The number of para-hydroxylation sites is 1. The quantitative estimate of drug-likeness (QED) is 0.871. The molecule has 4 nitrogen and oxygen atoms in total. The van der Waals surface area contributed by atoms with Gasteiger partial charge in [-0.05, 0) is 25.0 Å². The van der Waals surface area contributed by atoms with Crippen molar-refractivity contribution in [2.45, 2.75) is 19.9 Å². The maximum absolute atomic E-state index is 5.76. The van der Waals surface area contributed by atoms with E-state index in [1.807, 2.05) is 6.92 Å². The van der Waals surface area contributed by atoms with Crippen LogP contribution < -0.4 is 10.6 Å². The number of nitrogen functional groups attached to an aromatic ring is 1. The predicted molar refractivity (Wildman–Crippen MR) is 72.4 cm³/mol. The zero-order chi connectivity index (χ0) is 12.5. The summed E-state index contributed by atoms with van der Waals surface area (Å²) in [5.41, 5.74) is 9.37. The van der Waals surface area contributed by atoms with Gasteiger partial charge < -0.3 is 10.6 Å². The van der Waals surface area contributed by atoms with Crippen molar-refractivity contribution in [1.82, 2.24) is 9.97 Å². The lowest BCUT2D eigenvalue weighted by atomic mass is 10.2. The van der Waals surface area contributed by atoms with E-state index in [1.54, 1.807) is 6.07 Å². The molecule has 0 saturated carbocycles. The molecular formula is C14H16N4. The lowest BCUT2D eigenvalue weighted by Crippen LogP contribution is -2.21. The van der Waals surface area contributed by atoms with Gasteiger partial charge in [-0.3, -0.25) is 0 Å². The Labute approximate surface area is 106 Å². The third-order valence-electron chi connectivity index (χ3n) is 3.24. The molecule has 0 unspecified atom stereocenters. The molecule has 1 aromatic carbocycles. The van der Waals surface area contributed by atoms with Crippen LogP contribution in [0.15, 0.2) is 30.3 Å². The zero-order valence-corrected chi connectivity index (χ0v) is 10.4. The number of fused-ring (bicyclic) bond motifs is 1. The van der Waals surface area contributed by atoms with Gasteiger partial charge in [0.2, 0.25) is 0 Å². The summed E-state index contributed by atoms with van der Waals surface area (Å²) >= 11 is 0. The van der Waals surface area contributed by atoms with Gasteiger partial charge in [0.15, 0.2) is 0 Å². The SMILES string of the molecule is Cc1cc(N)nc(CN2CCc3ccccc32)n1. The van der Waals surface area contributed by atoms with E-state index in [0.717, 1.165) is 31.0 Å². The second-order valence-electron chi connectivity index (χ2n) is 4.65. The number of nitrogens with two attached hydrogens (primary N) is 1. The van der Waals surface area contributed by atoms with Crippen LogP contribution >= 0.6 is 0 Å². The van der Waals surface area contributed by atoms with E-state index in [-0.39, 0.29) is 0 Å². The van der Waals surface area contributed by atoms with Crippen molar-refractivity contribution in [3.05, 3.63) is 47.4 Å². The van der Waals surface area contributed by atoms with Crippen LogP contribution in [0.5, 0.6) is 0 Å². The van der Waals surface area contributed by atoms with E-state index in [2.05, 4.69) is 39.1 Å². The average molecular weight is 240 g/mol. The lowest BCUT2D eigenvalue weighted by molar-refractivity contribution is 0.782. The highest BCUT2D eigenvalue weighted by atomic mass is 15.2. The lowest BCUT2D eigenvalue weighted by Gasteiger charge is -2.18. The maximum atomic E-state index is 5.76. The molecule has 0 saturated heterocycles. The Balaban J connectivity index is 1.86. The van der Waals surface area contributed by atoms with E-state index in [4.69, 9.17) is 5.73 Å². The van der Waals surface area contributed by atoms with Crippen LogP contribution in [-0.2, 0) is 13.0 Å². The van der Waals surface area contributed by atoms with Gasteiger partial charge in [0.25, 0.3) is 0 Å². The first-order chi connectivity index (χ1) is 8.72. The Bertz CT molecular complexity index is 560. The number of hydrogen-bond donors (Lipinski definition) is 1. The highest BCUT2D eigenvalue weighted by molar-refractivity contribution is 5.57. The molecule has 1 aliphatic heterocycles. The summed E-state index contributed by atoms with van der Waals surface area (Å²) in [6.07, 6.45) is 1.09. The fraction of sp³-hybridized carbons (Fsp3) is 0.286. The number of nitrogens with zero attached hydrogens (tertiary/aromatic N) is 3. The number of rotatable bonds is 2. The number of anilines is 2. The van der Waals surface area contributed by atoms with Crippen LogP contribution in [0.25, 0.3) is 0 Å². The minimum atomic E-state index is 0.546. The molecule has 2 heterocycles. The molecule has 18 heavy (non-hydrogen) atoms. The molecule has 4 heteroatoms. The first-order valence-electron chi connectivity index (χ1n) is 6.15.